The van der Waals surface area contributed by atoms with Crippen LogP contribution in [0.2, 0.25) is 0 Å². The van der Waals surface area contributed by atoms with Crippen molar-refractivity contribution in [3.05, 3.63) is 59.7 Å². The lowest BCUT2D eigenvalue weighted by Crippen LogP contribution is -2.43. The maximum atomic E-state index is 12.3. The van der Waals surface area contributed by atoms with Crippen LogP contribution in [-0.4, -0.2) is 62.5 Å². The van der Waals surface area contributed by atoms with Gasteiger partial charge in [0.25, 0.3) is 0 Å². The second-order valence-corrected chi connectivity index (χ2v) is 11.0. The summed E-state index contributed by atoms with van der Waals surface area (Å²) in [5.41, 5.74) is 7.27. The number of carboxylic acids is 1. The number of cyclic esters (lactones) is 1. The van der Waals surface area contributed by atoms with Gasteiger partial charge in [0.1, 0.15) is 24.2 Å². The van der Waals surface area contributed by atoms with E-state index in [4.69, 9.17) is 20.6 Å². The van der Waals surface area contributed by atoms with E-state index in [2.05, 4.69) is 4.72 Å². The van der Waals surface area contributed by atoms with E-state index in [9.17, 15) is 23.1 Å². The summed E-state index contributed by atoms with van der Waals surface area (Å²) in [5.74, 6) is -0.907. The first-order valence-corrected chi connectivity index (χ1v) is 14.1. The fourth-order valence-corrected chi connectivity index (χ4v) is 5.28. The topological polar surface area (TPSA) is 172 Å². The van der Waals surface area contributed by atoms with E-state index in [1.54, 1.807) is 48.5 Å². The molecule has 0 aliphatic carbocycles. The lowest BCUT2D eigenvalue weighted by molar-refractivity contribution is -0.138. The average molecular weight is 547 g/mol. The van der Waals surface area contributed by atoms with Crippen molar-refractivity contribution in [2.24, 2.45) is 5.73 Å². The van der Waals surface area contributed by atoms with Gasteiger partial charge in [-0.05, 0) is 54.8 Å². The number of carbonyl (C=O) groups is 2. The molecular weight excluding hydrogens is 512 g/mol. The number of amidine groups is 1. The number of sulfonamides is 1. The second-order valence-electron chi connectivity index (χ2n) is 9.12. The number of hydrogen-bond donors (Lipinski definition) is 4. The normalized spacial score (nSPS) is 16.2. The van der Waals surface area contributed by atoms with Gasteiger partial charge in [-0.25, -0.2) is 17.9 Å². The second kappa shape index (κ2) is 13.2. The predicted molar refractivity (Wildman–Crippen MR) is 143 cm³/mol. The summed E-state index contributed by atoms with van der Waals surface area (Å²) in [7, 11) is -3.70. The monoisotopic (exact) mass is 546 g/mol. The SMILES string of the molecule is CCCCCCS(=O)(=O)NC(Cc1ccc(OCC2CN(c3ccc(C(=N)N)cc3)C(=O)O2)cc1)C(=O)O. The molecule has 1 heterocycles. The summed E-state index contributed by atoms with van der Waals surface area (Å²) in [5, 5.41) is 17.0. The number of nitrogen functional groups attached to an aromatic ring is 1. The third kappa shape index (κ3) is 8.45. The van der Waals surface area contributed by atoms with Gasteiger partial charge in [-0.3, -0.25) is 15.1 Å². The van der Waals surface area contributed by atoms with Crippen molar-refractivity contribution < 1.29 is 32.6 Å². The highest BCUT2D eigenvalue weighted by Gasteiger charge is 2.33. The number of aliphatic carboxylic acids is 1. The molecule has 11 nitrogen and oxygen atoms in total. The minimum absolute atomic E-state index is 0.0125. The molecule has 2 aromatic carbocycles. The third-order valence-electron chi connectivity index (χ3n) is 6.05. The van der Waals surface area contributed by atoms with Gasteiger partial charge in [-0.1, -0.05) is 38.3 Å². The Morgan fingerprint density at radius 3 is 2.47 bits per heavy atom. The standard InChI is InChI=1S/C26H34N4O7S/c1-2-3-4-5-14-38(34,35)29-23(25(31)32)15-18-6-12-21(13-7-18)36-17-22-16-30(26(33)37-22)20-10-8-19(9-11-20)24(27)28/h6-13,22-23,29H,2-5,14-17H2,1H3,(H3,27,28)(H,31,32). The van der Waals surface area contributed by atoms with E-state index in [1.807, 2.05) is 6.92 Å². The van der Waals surface area contributed by atoms with E-state index in [0.717, 1.165) is 19.3 Å². The van der Waals surface area contributed by atoms with Gasteiger partial charge in [0.15, 0.2) is 6.10 Å². The molecule has 1 aliphatic heterocycles. The maximum absolute atomic E-state index is 12.3. The number of rotatable bonds is 15. The fraction of sp³-hybridized carbons (Fsp3) is 0.423. The summed E-state index contributed by atoms with van der Waals surface area (Å²) < 4.78 is 38.0. The highest BCUT2D eigenvalue weighted by atomic mass is 32.2. The summed E-state index contributed by atoms with van der Waals surface area (Å²) in [6, 6.07) is 12.1. The Morgan fingerprint density at radius 2 is 1.87 bits per heavy atom. The number of carboxylic acid groups (broad SMARTS) is 1. The van der Waals surface area contributed by atoms with Crippen molar-refractivity contribution in [1.29, 1.82) is 5.41 Å². The van der Waals surface area contributed by atoms with Gasteiger partial charge in [0.05, 0.1) is 12.3 Å². The van der Waals surface area contributed by atoms with E-state index in [-0.39, 0.29) is 31.2 Å². The first kappa shape index (κ1) is 28.9. The van der Waals surface area contributed by atoms with Crippen LogP contribution < -0.4 is 20.1 Å². The molecule has 0 spiro atoms. The molecule has 0 aromatic heterocycles. The molecular formula is C26H34N4O7S. The maximum Gasteiger partial charge on any atom is 0.414 e. The lowest BCUT2D eigenvalue weighted by atomic mass is 10.1. The molecule has 12 heteroatoms. The van der Waals surface area contributed by atoms with Crippen LogP contribution in [-0.2, 0) is 26.0 Å². The van der Waals surface area contributed by atoms with Crippen LogP contribution in [0.25, 0.3) is 0 Å². The number of nitrogens with two attached hydrogens (primary N) is 1. The molecule has 0 saturated carbocycles. The number of amides is 1. The van der Waals surface area contributed by atoms with Gasteiger partial charge in [0, 0.05) is 11.3 Å². The molecule has 2 aromatic rings. The first-order chi connectivity index (χ1) is 18.1. The number of ether oxygens (including phenoxy) is 2. The molecule has 206 valence electrons. The Balaban J connectivity index is 1.50. The third-order valence-corrected chi connectivity index (χ3v) is 7.52. The van der Waals surface area contributed by atoms with Crippen molar-refractivity contribution in [1.82, 2.24) is 4.72 Å². The van der Waals surface area contributed by atoms with Gasteiger partial charge in [0.2, 0.25) is 10.0 Å². The van der Waals surface area contributed by atoms with Crippen LogP contribution in [0.4, 0.5) is 10.5 Å². The van der Waals surface area contributed by atoms with Gasteiger partial charge in [-0.2, -0.15) is 0 Å². The zero-order valence-corrected chi connectivity index (χ0v) is 22.1. The molecule has 1 fully saturated rings. The van der Waals surface area contributed by atoms with Crippen LogP contribution in [0.5, 0.6) is 5.75 Å². The summed E-state index contributed by atoms with van der Waals surface area (Å²) >= 11 is 0. The minimum atomic E-state index is -3.70. The van der Waals surface area contributed by atoms with E-state index < -0.39 is 34.2 Å². The van der Waals surface area contributed by atoms with E-state index >= 15 is 0 Å². The van der Waals surface area contributed by atoms with Crippen LogP contribution in [0.1, 0.15) is 43.7 Å². The molecule has 3 rings (SSSR count). The summed E-state index contributed by atoms with van der Waals surface area (Å²) in [6.45, 7) is 2.43. The number of unbranched alkanes of at least 4 members (excludes halogenated alkanes) is 3. The molecule has 38 heavy (non-hydrogen) atoms. The largest absolute Gasteiger partial charge is 0.490 e. The van der Waals surface area contributed by atoms with Crippen LogP contribution >= 0.6 is 0 Å². The van der Waals surface area contributed by atoms with Crippen LogP contribution in [0.15, 0.2) is 48.5 Å². The van der Waals surface area contributed by atoms with Gasteiger partial charge >= 0.3 is 12.1 Å². The zero-order chi connectivity index (χ0) is 27.7. The van der Waals surface area contributed by atoms with Crippen molar-refractivity contribution >= 4 is 33.6 Å². The first-order valence-electron chi connectivity index (χ1n) is 12.4. The van der Waals surface area contributed by atoms with E-state index in [0.29, 0.717) is 29.0 Å². The summed E-state index contributed by atoms with van der Waals surface area (Å²) in [6.07, 6.45) is 2.16. The minimum Gasteiger partial charge on any atom is -0.490 e. The molecule has 0 bridgehead atoms. The zero-order valence-electron chi connectivity index (χ0n) is 21.3. The van der Waals surface area contributed by atoms with Crippen LogP contribution in [0.3, 0.4) is 0 Å². The number of hydrogen-bond acceptors (Lipinski definition) is 7. The average Bonchev–Trinajstić information content (AvgIpc) is 3.26. The van der Waals surface area contributed by atoms with Crippen molar-refractivity contribution in [3.63, 3.8) is 0 Å². The molecule has 2 unspecified atom stereocenters. The molecule has 5 N–H and O–H groups in total. The van der Waals surface area contributed by atoms with Gasteiger partial charge in [-0.15, -0.1) is 0 Å². The Hall–Kier alpha value is -3.64. The Labute approximate surface area is 222 Å². The molecule has 1 aliphatic rings. The molecule has 0 radical (unpaired) electrons. The fourth-order valence-electron chi connectivity index (χ4n) is 3.96. The van der Waals surface area contributed by atoms with Crippen molar-refractivity contribution in [2.45, 2.75) is 51.2 Å². The van der Waals surface area contributed by atoms with Crippen molar-refractivity contribution in [2.75, 3.05) is 23.8 Å². The predicted octanol–water partition coefficient (Wildman–Crippen LogP) is 2.87. The number of nitrogens with zero attached hydrogens (tertiary/aromatic N) is 1. The number of carbonyl (C=O) groups excluding carboxylic acids is 1. The Kier molecular flexibility index (Phi) is 10.1. The smallest absolute Gasteiger partial charge is 0.414 e. The highest BCUT2D eigenvalue weighted by Crippen LogP contribution is 2.23. The van der Waals surface area contributed by atoms with Crippen LogP contribution in [0, 0.1) is 5.41 Å². The number of anilines is 1. The molecule has 1 saturated heterocycles. The number of benzene rings is 2. The molecule has 1 amide bonds. The Morgan fingerprint density at radius 1 is 1.18 bits per heavy atom. The van der Waals surface area contributed by atoms with E-state index in [1.165, 1.54) is 4.90 Å². The lowest BCUT2D eigenvalue weighted by Gasteiger charge is -2.16. The Bertz CT molecular complexity index is 1220. The highest BCUT2D eigenvalue weighted by molar-refractivity contribution is 7.89. The number of nitrogens with one attached hydrogen (secondary N) is 2. The summed E-state index contributed by atoms with van der Waals surface area (Å²) in [4.78, 5) is 25.4. The van der Waals surface area contributed by atoms with Gasteiger partial charge < -0.3 is 20.3 Å². The molecule has 2 atom stereocenters. The quantitative estimate of drug-likeness (QED) is 0.150. The van der Waals surface area contributed by atoms with Crippen molar-refractivity contribution in [3.8, 4) is 5.75 Å².